The lowest BCUT2D eigenvalue weighted by atomic mass is 10.1. The molecule has 2 aromatic rings. The summed E-state index contributed by atoms with van der Waals surface area (Å²) in [6.07, 6.45) is 4.74. The van der Waals surface area contributed by atoms with Crippen LogP contribution in [0.25, 0.3) is 10.4 Å². The maximum absolute atomic E-state index is 12.8. The molecule has 1 aromatic heterocycles. The first-order valence-electron chi connectivity index (χ1n) is 7.97. The summed E-state index contributed by atoms with van der Waals surface area (Å²) in [5.41, 5.74) is 2.26. The van der Waals surface area contributed by atoms with Gasteiger partial charge in [0.2, 0.25) is 0 Å². The highest BCUT2D eigenvalue weighted by molar-refractivity contribution is 7.17. The van der Waals surface area contributed by atoms with Crippen LogP contribution in [-0.2, 0) is 6.61 Å². The number of rotatable bonds is 1. The van der Waals surface area contributed by atoms with Gasteiger partial charge in [0.25, 0.3) is 5.91 Å². The van der Waals surface area contributed by atoms with E-state index in [2.05, 4.69) is 6.07 Å². The number of ether oxygens (including phenoxy) is 1. The van der Waals surface area contributed by atoms with Crippen molar-refractivity contribution >= 4 is 17.2 Å². The van der Waals surface area contributed by atoms with Gasteiger partial charge >= 0.3 is 0 Å². The monoisotopic (exact) mass is 313 g/mol. The van der Waals surface area contributed by atoms with Crippen LogP contribution in [0.4, 0.5) is 0 Å². The van der Waals surface area contributed by atoms with Crippen LogP contribution in [0, 0.1) is 0 Å². The molecule has 1 saturated heterocycles. The number of amides is 1. The van der Waals surface area contributed by atoms with E-state index in [4.69, 9.17) is 4.74 Å². The largest absolute Gasteiger partial charge is 0.488 e. The summed E-state index contributed by atoms with van der Waals surface area (Å²) in [4.78, 5) is 16.9. The Hall–Kier alpha value is -1.81. The maximum atomic E-state index is 12.8. The molecule has 0 saturated carbocycles. The minimum absolute atomic E-state index is 0.193. The van der Waals surface area contributed by atoms with Gasteiger partial charge in [-0.05, 0) is 31.0 Å². The lowest BCUT2D eigenvalue weighted by Crippen LogP contribution is -2.31. The summed E-state index contributed by atoms with van der Waals surface area (Å²) >= 11 is 1.62. The number of benzene rings is 1. The van der Waals surface area contributed by atoms with E-state index in [9.17, 15) is 4.79 Å². The molecule has 3 heterocycles. The average Bonchev–Trinajstić information content (AvgIpc) is 2.81. The van der Waals surface area contributed by atoms with Crippen LogP contribution in [0.5, 0.6) is 5.75 Å². The van der Waals surface area contributed by atoms with E-state index in [0.717, 1.165) is 47.7 Å². The SMILES string of the molecule is O=C(c1cc2c(s1)-c1ccccc1OC2)N1CCCCCC1. The topological polar surface area (TPSA) is 29.5 Å². The molecule has 0 aliphatic carbocycles. The van der Waals surface area contributed by atoms with Crippen LogP contribution in [0.2, 0.25) is 0 Å². The van der Waals surface area contributed by atoms with E-state index >= 15 is 0 Å². The molecule has 0 unspecified atom stereocenters. The van der Waals surface area contributed by atoms with Gasteiger partial charge < -0.3 is 9.64 Å². The number of fused-ring (bicyclic) bond motifs is 3. The highest BCUT2D eigenvalue weighted by atomic mass is 32.1. The van der Waals surface area contributed by atoms with E-state index in [0.29, 0.717) is 6.61 Å². The molecule has 0 radical (unpaired) electrons. The number of hydrogen-bond acceptors (Lipinski definition) is 3. The predicted octanol–water partition coefficient (Wildman–Crippen LogP) is 4.32. The van der Waals surface area contributed by atoms with Crippen molar-refractivity contribution in [3.8, 4) is 16.2 Å². The normalized spacial score (nSPS) is 17.2. The molecular weight excluding hydrogens is 294 g/mol. The van der Waals surface area contributed by atoms with Crippen LogP contribution in [-0.4, -0.2) is 23.9 Å². The van der Waals surface area contributed by atoms with Gasteiger partial charge in [-0.2, -0.15) is 0 Å². The number of thiophene rings is 1. The summed E-state index contributed by atoms with van der Waals surface area (Å²) in [5, 5.41) is 0. The Bertz CT molecular complexity index is 699. The number of hydrogen-bond donors (Lipinski definition) is 0. The summed E-state index contributed by atoms with van der Waals surface area (Å²) in [7, 11) is 0. The fraction of sp³-hybridized carbons (Fsp3) is 0.389. The molecule has 0 atom stereocenters. The second-order valence-electron chi connectivity index (χ2n) is 5.96. The second-order valence-corrected chi connectivity index (χ2v) is 7.01. The fourth-order valence-electron chi connectivity index (χ4n) is 3.23. The van der Waals surface area contributed by atoms with Crippen molar-refractivity contribution in [1.82, 2.24) is 4.90 Å². The third-order valence-corrected chi connectivity index (χ3v) is 5.63. The molecule has 0 N–H and O–H groups in total. The van der Waals surface area contributed by atoms with Gasteiger partial charge in [0.05, 0.1) is 4.88 Å². The number of carbonyl (C=O) groups excluding carboxylic acids is 1. The van der Waals surface area contributed by atoms with E-state index in [-0.39, 0.29) is 5.91 Å². The lowest BCUT2D eigenvalue weighted by molar-refractivity contribution is 0.0766. The van der Waals surface area contributed by atoms with Crippen molar-refractivity contribution in [2.75, 3.05) is 13.1 Å². The quantitative estimate of drug-likeness (QED) is 0.784. The van der Waals surface area contributed by atoms with E-state index in [1.165, 1.54) is 17.7 Å². The molecule has 22 heavy (non-hydrogen) atoms. The fourth-order valence-corrected chi connectivity index (χ4v) is 4.40. The molecule has 0 spiro atoms. The highest BCUT2D eigenvalue weighted by Gasteiger charge is 2.25. The Labute approximate surface area is 134 Å². The van der Waals surface area contributed by atoms with Crippen LogP contribution in [0.1, 0.15) is 40.9 Å². The van der Waals surface area contributed by atoms with Crippen molar-refractivity contribution in [1.29, 1.82) is 0 Å². The molecule has 4 rings (SSSR count). The van der Waals surface area contributed by atoms with Crippen molar-refractivity contribution in [2.45, 2.75) is 32.3 Å². The Morgan fingerprint density at radius 3 is 2.68 bits per heavy atom. The summed E-state index contributed by atoms with van der Waals surface area (Å²) in [6.45, 7) is 2.36. The molecule has 4 heteroatoms. The highest BCUT2D eigenvalue weighted by Crippen LogP contribution is 2.42. The smallest absolute Gasteiger partial charge is 0.263 e. The number of para-hydroxylation sites is 1. The van der Waals surface area contributed by atoms with Crippen molar-refractivity contribution in [2.24, 2.45) is 0 Å². The first kappa shape index (κ1) is 13.8. The molecule has 1 fully saturated rings. The lowest BCUT2D eigenvalue weighted by Gasteiger charge is -2.19. The van der Waals surface area contributed by atoms with Crippen molar-refractivity contribution in [3.05, 3.63) is 40.8 Å². The van der Waals surface area contributed by atoms with E-state index < -0.39 is 0 Å². The Morgan fingerprint density at radius 2 is 1.86 bits per heavy atom. The minimum atomic E-state index is 0.193. The maximum Gasteiger partial charge on any atom is 0.263 e. The Morgan fingerprint density at radius 1 is 1.09 bits per heavy atom. The molecule has 3 nitrogen and oxygen atoms in total. The van der Waals surface area contributed by atoms with E-state index in [1.807, 2.05) is 29.2 Å². The van der Waals surface area contributed by atoms with Gasteiger partial charge in [-0.25, -0.2) is 0 Å². The summed E-state index contributed by atoms with van der Waals surface area (Å²) in [5.74, 6) is 1.12. The number of likely N-dealkylation sites (tertiary alicyclic amines) is 1. The summed E-state index contributed by atoms with van der Waals surface area (Å²) < 4.78 is 5.79. The third-order valence-electron chi connectivity index (χ3n) is 4.43. The van der Waals surface area contributed by atoms with Crippen molar-refractivity contribution in [3.63, 3.8) is 0 Å². The summed E-state index contributed by atoms with van der Waals surface area (Å²) in [6, 6.07) is 10.1. The number of nitrogens with zero attached hydrogens (tertiary/aromatic N) is 1. The van der Waals surface area contributed by atoms with Crippen LogP contribution >= 0.6 is 11.3 Å². The zero-order valence-corrected chi connectivity index (χ0v) is 13.3. The zero-order valence-electron chi connectivity index (χ0n) is 12.5. The molecule has 2 aliphatic rings. The van der Waals surface area contributed by atoms with Crippen LogP contribution in [0.3, 0.4) is 0 Å². The first-order valence-corrected chi connectivity index (χ1v) is 8.79. The molecule has 1 amide bonds. The predicted molar refractivity (Wildman–Crippen MR) is 88.5 cm³/mol. The van der Waals surface area contributed by atoms with Crippen LogP contribution < -0.4 is 4.74 Å². The Kier molecular flexibility index (Phi) is 3.62. The number of carbonyl (C=O) groups is 1. The van der Waals surface area contributed by atoms with Gasteiger partial charge in [0.1, 0.15) is 12.4 Å². The minimum Gasteiger partial charge on any atom is -0.488 e. The second kappa shape index (κ2) is 5.76. The molecular formula is C18H19NO2S. The van der Waals surface area contributed by atoms with Gasteiger partial charge in [0.15, 0.2) is 0 Å². The third kappa shape index (κ3) is 2.41. The first-order chi connectivity index (χ1) is 10.8. The zero-order chi connectivity index (χ0) is 14.9. The van der Waals surface area contributed by atoms with Crippen LogP contribution in [0.15, 0.2) is 30.3 Å². The van der Waals surface area contributed by atoms with Gasteiger partial charge in [-0.3, -0.25) is 4.79 Å². The molecule has 114 valence electrons. The molecule has 1 aromatic carbocycles. The van der Waals surface area contributed by atoms with E-state index in [1.54, 1.807) is 11.3 Å². The average molecular weight is 313 g/mol. The van der Waals surface area contributed by atoms with Crippen molar-refractivity contribution < 1.29 is 9.53 Å². The Balaban J connectivity index is 1.65. The van der Waals surface area contributed by atoms with Gasteiger partial charge in [0, 0.05) is 29.1 Å². The molecule has 0 bridgehead atoms. The molecule has 2 aliphatic heterocycles. The van der Waals surface area contributed by atoms with Gasteiger partial charge in [-0.15, -0.1) is 11.3 Å². The standard InChI is InChI=1S/C18H19NO2S/c20-18(19-9-5-1-2-6-10-19)16-11-13-12-21-15-8-4-3-7-14(15)17(13)22-16/h3-4,7-8,11H,1-2,5-6,9-10,12H2. The van der Waals surface area contributed by atoms with Gasteiger partial charge in [-0.1, -0.05) is 25.0 Å².